The van der Waals surface area contributed by atoms with E-state index in [1.54, 1.807) is 17.6 Å². The molecule has 0 aliphatic rings. The zero-order valence-electron chi connectivity index (χ0n) is 16.4. The minimum atomic E-state index is -0.319. The van der Waals surface area contributed by atoms with Gasteiger partial charge in [0.05, 0.1) is 17.2 Å². The first-order valence-electron chi connectivity index (χ1n) is 9.67. The van der Waals surface area contributed by atoms with Crippen molar-refractivity contribution in [2.24, 2.45) is 5.10 Å². The Bertz CT molecular complexity index is 1410. The fourth-order valence-corrected chi connectivity index (χ4v) is 3.91. The van der Waals surface area contributed by atoms with Gasteiger partial charge in [-0.3, -0.25) is 4.79 Å². The van der Waals surface area contributed by atoms with Crippen LogP contribution in [0.1, 0.15) is 20.8 Å². The minimum Gasteiger partial charge on any atom is -0.383 e. The van der Waals surface area contributed by atoms with Gasteiger partial charge in [-0.15, -0.1) is 11.3 Å². The van der Waals surface area contributed by atoms with Crippen molar-refractivity contribution < 1.29 is 4.79 Å². The van der Waals surface area contributed by atoms with Crippen LogP contribution >= 0.6 is 11.3 Å². The largest absolute Gasteiger partial charge is 0.383 e. The summed E-state index contributed by atoms with van der Waals surface area (Å²) in [5.41, 5.74) is 9.91. The molecular weight excluding hydrogens is 408 g/mol. The van der Waals surface area contributed by atoms with E-state index in [4.69, 9.17) is 5.73 Å². The highest BCUT2D eigenvalue weighted by Crippen LogP contribution is 2.28. The first kappa shape index (κ1) is 19.0. The lowest BCUT2D eigenvalue weighted by molar-refractivity contribution is 0.0953. The summed E-state index contributed by atoms with van der Waals surface area (Å²) in [7, 11) is 0. The second kappa shape index (κ2) is 8.00. The zero-order valence-corrected chi connectivity index (χ0v) is 17.2. The maximum absolute atomic E-state index is 13.1. The number of nitrogens with two attached hydrogens (primary N) is 1. The number of nitrogens with one attached hydrogen (secondary N) is 1. The average molecular weight is 427 g/mol. The minimum absolute atomic E-state index is 0.198. The second-order valence-electron chi connectivity index (χ2n) is 6.88. The summed E-state index contributed by atoms with van der Waals surface area (Å²) in [4.78, 5) is 23.5. The predicted molar refractivity (Wildman–Crippen MR) is 124 cm³/mol. The molecule has 0 radical (unpaired) electrons. The Balaban J connectivity index is 1.61. The van der Waals surface area contributed by atoms with E-state index in [0.717, 1.165) is 10.4 Å². The van der Waals surface area contributed by atoms with Gasteiger partial charge >= 0.3 is 0 Å². The Morgan fingerprint density at radius 2 is 1.77 bits per heavy atom. The fraction of sp³-hybridized carbons (Fsp3) is 0.0435. The number of fused-ring (bicyclic) bond motifs is 2. The number of amides is 1. The molecule has 3 N–H and O–H groups in total. The van der Waals surface area contributed by atoms with Crippen LogP contribution in [0.3, 0.4) is 0 Å². The summed E-state index contributed by atoms with van der Waals surface area (Å²) in [5.74, 6) is -0.121. The summed E-state index contributed by atoms with van der Waals surface area (Å²) in [5, 5.41) is 9.40. The molecule has 3 aromatic heterocycles. The van der Waals surface area contributed by atoms with Crippen LogP contribution in [0.25, 0.3) is 22.2 Å². The van der Waals surface area contributed by atoms with Crippen LogP contribution in [0, 0.1) is 0 Å². The van der Waals surface area contributed by atoms with Gasteiger partial charge in [-0.2, -0.15) is 9.78 Å². The molecule has 0 saturated heterocycles. The number of carbonyl (C=O) groups excluding carboxylic acids is 1. The van der Waals surface area contributed by atoms with E-state index in [2.05, 4.69) is 20.4 Å². The Morgan fingerprint density at radius 3 is 2.52 bits per heavy atom. The Labute approximate surface area is 181 Å². The van der Waals surface area contributed by atoms with Crippen molar-refractivity contribution >= 4 is 51.5 Å². The summed E-state index contributed by atoms with van der Waals surface area (Å²) in [6, 6.07) is 21.1. The molecule has 5 rings (SSSR count). The molecule has 0 fully saturated rings. The molecule has 3 heterocycles. The molecule has 5 aromatic rings. The lowest BCUT2D eigenvalue weighted by Gasteiger charge is -2.05. The monoisotopic (exact) mass is 426 g/mol. The smallest absolute Gasteiger partial charge is 0.257 e. The Kier molecular flexibility index (Phi) is 4.89. The number of aromatic nitrogens is 3. The third-order valence-electron chi connectivity index (χ3n) is 4.84. The fourth-order valence-electron chi connectivity index (χ4n) is 3.33. The highest BCUT2D eigenvalue weighted by molar-refractivity contribution is 7.11. The lowest BCUT2D eigenvalue weighted by atomic mass is 10.2. The number of carbonyl (C=O) groups is 1. The Hall–Kier alpha value is -4.04. The summed E-state index contributed by atoms with van der Waals surface area (Å²) >= 11 is 1.56. The molecule has 7 nitrogen and oxygen atoms in total. The van der Waals surface area contributed by atoms with E-state index < -0.39 is 0 Å². The van der Waals surface area contributed by atoms with Crippen molar-refractivity contribution in [1.82, 2.24) is 20.0 Å². The van der Waals surface area contributed by atoms with E-state index in [-0.39, 0.29) is 17.3 Å². The van der Waals surface area contributed by atoms with Crippen molar-refractivity contribution in [2.75, 3.05) is 5.73 Å². The molecule has 2 aromatic carbocycles. The van der Waals surface area contributed by atoms with Gasteiger partial charge in [-0.25, -0.2) is 9.97 Å². The number of nitrogens with zero attached hydrogens (tertiary/aromatic N) is 4. The molecule has 0 aliphatic carbocycles. The van der Waals surface area contributed by atoms with Gasteiger partial charge < -0.3 is 11.1 Å². The SMILES string of the molecule is Nc1c(C(=O)NCc2ccccc2)c2nc3ccccc3nc2n1/N=C\c1cccs1. The summed E-state index contributed by atoms with van der Waals surface area (Å²) in [6.07, 6.45) is 1.70. The molecule has 0 saturated carbocycles. The molecule has 0 atom stereocenters. The van der Waals surface area contributed by atoms with Crippen molar-refractivity contribution in [1.29, 1.82) is 0 Å². The zero-order chi connectivity index (χ0) is 21.2. The molecule has 0 spiro atoms. The molecular formula is C23H18N6OS. The van der Waals surface area contributed by atoms with Gasteiger partial charge in [-0.05, 0) is 29.1 Å². The molecule has 1 amide bonds. The molecule has 152 valence electrons. The maximum atomic E-state index is 13.1. The summed E-state index contributed by atoms with van der Waals surface area (Å²) < 4.78 is 1.48. The van der Waals surface area contributed by atoms with Crippen LogP contribution in [0.15, 0.2) is 77.2 Å². The van der Waals surface area contributed by atoms with Gasteiger partial charge in [0, 0.05) is 11.4 Å². The second-order valence-corrected chi connectivity index (χ2v) is 7.86. The van der Waals surface area contributed by atoms with Crippen molar-refractivity contribution in [3.05, 3.63) is 88.1 Å². The number of anilines is 1. The third-order valence-corrected chi connectivity index (χ3v) is 5.65. The lowest BCUT2D eigenvalue weighted by Crippen LogP contribution is -2.23. The van der Waals surface area contributed by atoms with E-state index in [1.165, 1.54) is 4.68 Å². The number of hydrogen-bond acceptors (Lipinski definition) is 6. The Morgan fingerprint density at radius 1 is 1.03 bits per heavy atom. The standard InChI is InChI=1S/C23H18N6OS/c24-21-19(23(30)25-13-15-7-2-1-3-8-15)20-22(28-18-11-5-4-10-17(18)27-20)29(21)26-14-16-9-6-12-31-16/h1-12,14H,13,24H2,(H,25,30)/b26-14-. The van der Waals surface area contributed by atoms with Crippen LogP contribution in [-0.2, 0) is 6.54 Å². The number of benzene rings is 2. The molecule has 0 bridgehead atoms. The molecule has 31 heavy (non-hydrogen) atoms. The van der Waals surface area contributed by atoms with Crippen molar-refractivity contribution in [3.8, 4) is 0 Å². The van der Waals surface area contributed by atoms with Crippen molar-refractivity contribution in [3.63, 3.8) is 0 Å². The van der Waals surface area contributed by atoms with E-state index in [0.29, 0.717) is 28.7 Å². The van der Waals surface area contributed by atoms with Crippen LogP contribution in [0.5, 0.6) is 0 Å². The van der Waals surface area contributed by atoms with Crippen LogP contribution in [-0.4, -0.2) is 26.8 Å². The van der Waals surface area contributed by atoms with E-state index >= 15 is 0 Å². The first-order valence-corrected chi connectivity index (χ1v) is 10.6. The van der Waals surface area contributed by atoms with E-state index in [1.807, 2.05) is 72.1 Å². The van der Waals surface area contributed by atoms with Gasteiger partial charge in [0.1, 0.15) is 16.9 Å². The van der Waals surface area contributed by atoms with Crippen LogP contribution < -0.4 is 11.1 Å². The van der Waals surface area contributed by atoms with Gasteiger partial charge in [-0.1, -0.05) is 48.5 Å². The topological polar surface area (TPSA) is 98.2 Å². The quantitative estimate of drug-likeness (QED) is 0.414. The predicted octanol–water partition coefficient (Wildman–Crippen LogP) is 4.04. The molecule has 0 unspecified atom stereocenters. The van der Waals surface area contributed by atoms with E-state index in [9.17, 15) is 4.79 Å². The highest BCUT2D eigenvalue weighted by Gasteiger charge is 2.24. The number of para-hydroxylation sites is 2. The van der Waals surface area contributed by atoms with Gasteiger partial charge in [0.2, 0.25) is 0 Å². The number of rotatable bonds is 5. The molecule has 0 aliphatic heterocycles. The maximum Gasteiger partial charge on any atom is 0.257 e. The highest BCUT2D eigenvalue weighted by atomic mass is 32.1. The van der Waals surface area contributed by atoms with Gasteiger partial charge in [0.25, 0.3) is 5.91 Å². The first-order chi connectivity index (χ1) is 15.2. The van der Waals surface area contributed by atoms with Crippen LogP contribution in [0.2, 0.25) is 0 Å². The van der Waals surface area contributed by atoms with Gasteiger partial charge in [0.15, 0.2) is 5.65 Å². The average Bonchev–Trinajstić information content (AvgIpc) is 3.41. The normalized spacial score (nSPS) is 11.5. The van der Waals surface area contributed by atoms with Crippen molar-refractivity contribution in [2.45, 2.75) is 6.54 Å². The number of hydrogen-bond donors (Lipinski definition) is 2. The number of thiophene rings is 1. The molecule has 8 heteroatoms. The van der Waals surface area contributed by atoms with Crippen LogP contribution in [0.4, 0.5) is 5.82 Å². The number of nitrogen functional groups attached to an aromatic ring is 1. The summed E-state index contributed by atoms with van der Waals surface area (Å²) in [6.45, 7) is 0.380. The third kappa shape index (κ3) is 3.64.